The molecule has 0 bridgehead atoms. The third-order valence-electron chi connectivity index (χ3n) is 5.57. The second-order valence-corrected chi connectivity index (χ2v) is 10.0. The van der Waals surface area contributed by atoms with Crippen LogP contribution in [0.25, 0.3) is 0 Å². The number of fused-ring (bicyclic) bond motifs is 1. The quantitative estimate of drug-likeness (QED) is 0.165. The molecule has 1 unspecified atom stereocenters. The summed E-state index contributed by atoms with van der Waals surface area (Å²) < 4.78 is 48.4. The molecule has 0 radical (unpaired) electrons. The van der Waals surface area contributed by atoms with Gasteiger partial charge < -0.3 is 9.64 Å². The summed E-state index contributed by atoms with van der Waals surface area (Å²) in [5, 5.41) is 8.50. The highest BCUT2D eigenvalue weighted by Crippen LogP contribution is 2.34. The summed E-state index contributed by atoms with van der Waals surface area (Å²) >= 11 is 11.9. The van der Waals surface area contributed by atoms with Gasteiger partial charge in [0.15, 0.2) is 5.69 Å². The Morgan fingerprint density at radius 3 is 2.65 bits per heavy atom. The molecule has 0 saturated carbocycles. The van der Waals surface area contributed by atoms with E-state index in [1.165, 1.54) is 33.5 Å². The zero-order valence-corrected chi connectivity index (χ0v) is 24.5. The molecule has 0 spiro atoms. The summed E-state index contributed by atoms with van der Waals surface area (Å²) in [7, 11) is 0. The first-order valence-corrected chi connectivity index (χ1v) is 16.2. The third kappa shape index (κ3) is 6.43. The number of hydrogen-bond acceptors (Lipinski definition) is 7. The van der Waals surface area contributed by atoms with Crippen molar-refractivity contribution in [3.63, 3.8) is 0 Å². The number of carbonyl (C=O) groups is 1. The Morgan fingerprint density at radius 1 is 1.30 bits per heavy atom. The van der Waals surface area contributed by atoms with Crippen LogP contribution in [-0.4, -0.2) is 44.7 Å². The Kier molecular flexibility index (Phi) is 10.3. The minimum absolute atomic E-state index is 0.0109. The number of carbonyl (C=O) groups excluding carboxylic acids is 1. The van der Waals surface area contributed by atoms with Gasteiger partial charge in [0.05, 0.1) is 37.0 Å². The zero-order chi connectivity index (χ0) is 27.3. The zero-order valence-electron chi connectivity index (χ0n) is 19.7. The van der Waals surface area contributed by atoms with Gasteiger partial charge in [0, 0.05) is 30.8 Å². The molecule has 1 aliphatic rings. The molecule has 1 atom stereocenters. The van der Waals surface area contributed by atoms with E-state index in [0.29, 0.717) is 29.9 Å². The van der Waals surface area contributed by atoms with Crippen molar-refractivity contribution in [2.75, 3.05) is 24.3 Å². The van der Waals surface area contributed by atoms with Gasteiger partial charge in [-0.1, -0.05) is 29.8 Å². The SMILES string of the molecule is CCOC(=O)c1nn(Cc2ccccc2C(F)(F)F)c2c1CN(c1cnn(PI)c(=O)c1Cl)CC2.CS. The molecule has 3 heterocycles. The number of anilines is 1. The van der Waals surface area contributed by atoms with Crippen LogP contribution in [0.5, 0.6) is 0 Å². The van der Waals surface area contributed by atoms with Crippen LogP contribution >= 0.6 is 52.6 Å². The number of thiol groups is 1. The molecule has 8 nitrogen and oxygen atoms in total. The fraction of sp³-hybridized carbons (Fsp3) is 0.364. The minimum Gasteiger partial charge on any atom is -0.461 e. The van der Waals surface area contributed by atoms with Crippen molar-refractivity contribution in [2.24, 2.45) is 0 Å². The Hall–Kier alpha value is -1.83. The second kappa shape index (κ2) is 12.8. The molecule has 37 heavy (non-hydrogen) atoms. The summed E-state index contributed by atoms with van der Waals surface area (Å²) in [4.78, 5) is 26.9. The lowest BCUT2D eigenvalue weighted by molar-refractivity contribution is -0.138. The van der Waals surface area contributed by atoms with Crippen LogP contribution in [0.1, 0.15) is 39.8 Å². The monoisotopic (exact) mass is 687 g/mol. The van der Waals surface area contributed by atoms with Gasteiger partial charge in [-0.15, -0.1) is 0 Å². The van der Waals surface area contributed by atoms with Gasteiger partial charge in [-0.05, 0) is 46.9 Å². The largest absolute Gasteiger partial charge is 0.461 e. The number of ether oxygens (including phenoxy) is 1. The van der Waals surface area contributed by atoms with Crippen LogP contribution in [0.3, 0.4) is 0 Å². The first-order chi connectivity index (χ1) is 17.7. The van der Waals surface area contributed by atoms with Crippen LogP contribution < -0.4 is 10.5 Å². The Bertz CT molecular complexity index is 1340. The normalized spacial score (nSPS) is 13.4. The van der Waals surface area contributed by atoms with Crippen molar-refractivity contribution >= 4 is 64.3 Å². The number of alkyl halides is 3. The molecular formula is C22H23ClF3IN5O3PS. The average molecular weight is 688 g/mol. The molecule has 0 amide bonds. The number of aromatic nitrogens is 4. The van der Waals surface area contributed by atoms with E-state index in [1.807, 2.05) is 22.0 Å². The smallest absolute Gasteiger partial charge is 0.416 e. The van der Waals surface area contributed by atoms with E-state index in [-0.39, 0.29) is 42.4 Å². The molecule has 0 aliphatic carbocycles. The van der Waals surface area contributed by atoms with Crippen LogP contribution in [0.2, 0.25) is 5.02 Å². The summed E-state index contributed by atoms with van der Waals surface area (Å²) in [6.07, 6.45) is -0.882. The highest BCUT2D eigenvalue weighted by Gasteiger charge is 2.34. The Balaban J connectivity index is 0.00000186. The second-order valence-electron chi connectivity index (χ2n) is 7.62. The highest BCUT2D eigenvalue weighted by molar-refractivity contribution is 14.2. The fourth-order valence-electron chi connectivity index (χ4n) is 3.99. The molecule has 0 saturated heterocycles. The summed E-state index contributed by atoms with van der Waals surface area (Å²) in [5.74, 6) is -0.667. The van der Waals surface area contributed by atoms with Gasteiger partial charge in [0.25, 0.3) is 5.56 Å². The molecule has 0 N–H and O–H groups in total. The minimum atomic E-state index is -4.52. The van der Waals surface area contributed by atoms with E-state index < -0.39 is 23.3 Å². The van der Waals surface area contributed by atoms with E-state index in [4.69, 9.17) is 16.3 Å². The van der Waals surface area contributed by atoms with Crippen LogP contribution in [0, 0.1) is 0 Å². The maximum Gasteiger partial charge on any atom is 0.416 e. The number of hydrogen-bond donors (Lipinski definition) is 1. The standard InChI is InChI=1S/C21H19ClF3IN5O3P.CH4S/c1-2-34-20(33)18-13-11-29(16-9-27-31(35-26)19(32)17(16)22)8-7-15(13)30(28-18)10-12-5-3-4-6-14(12)21(23,24)25;1-2/h3-6,9,35H,2,7-8,10-11H2,1H3;2H,1H3. The van der Waals surface area contributed by atoms with Gasteiger partial charge in [-0.3, -0.25) is 9.48 Å². The van der Waals surface area contributed by atoms with Crippen molar-refractivity contribution < 1.29 is 22.7 Å². The lowest BCUT2D eigenvalue weighted by Crippen LogP contribution is -2.33. The molecule has 0 fully saturated rings. The maximum atomic E-state index is 13.5. The van der Waals surface area contributed by atoms with E-state index in [1.54, 1.807) is 18.1 Å². The van der Waals surface area contributed by atoms with Gasteiger partial charge in [-0.25, -0.2) is 9.25 Å². The van der Waals surface area contributed by atoms with Crippen LogP contribution in [0.4, 0.5) is 18.9 Å². The number of halogens is 5. The average Bonchev–Trinajstić information content (AvgIpc) is 3.24. The summed E-state index contributed by atoms with van der Waals surface area (Å²) in [6, 6.07) is 5.27. The summed E-state index contributed by atoms with van der Waals surface area (Å²) in [5.41, 5.74) is 0.461. The van der Waals surface area contributed by atoms with E-state index in [9.17, 15) is 22.8 Å². The van der Waals surface area contributed by atoms with Crippen LogP contribution in [0.15, 0.2) is 35.3 Å². The number of esters is 1. The van der Waals surface area contributed by atoms with Crippen molar-refractivity contribution in [3.8, 4) is 0 Å². The number of nitrogens with zero attached hydrogens (tertiary/aromatic N) is 5. The van der Waals surface area contributed by atoms with E-state index >= 15 is 0 Å². The number of rotatable bonds is 6. The molecule has 2 aromatic heterocycles. The van der Waals surface area contributed by atoms with Gasteiger partial charge >= 0.3 is 12.1 Å². The molecule has 4 rings (SSSR count). The molecule has 200 valence electrons. The Labute approximate surface area is 236 Å². The maximum absolute atomic E-state index is 13.5. The van der Waals surface area contributed by atoms with Gasteiger partial charge in [0.2, 0.25) is 0 Å². The van der Waals surface area contributed by atoms with Crippen LogP contribution in [-0.2, 0) is 30.4 Å². The predicted molar refractivity (Wildman–Crippen MR) is 150 cm³/mol. The number of benzene rings is 1. The van der Waals surface area contributed by atoms with Crippen molar-refractivity contribution in [2.45, 2.75) is 32.6 Å². The fourth-order valence-corrected chi connectivity index (χ4v) is 5.63. The Morgan fingerprint density at radius 2 is 2.00 bits per heavy atom. The summed E-state index contributed by atoms with van der Waals surface area (Å²) in [6.45, 7) is 2.18. The lowest BCUT2D eigenvalue weighted by atomic mass is 10.0. The molecule has 3 aromatic rings. The molecule has 1 aromatic carbocycles. The van der Waals surface area contributed by atoms with E-state index in [2.05, 4.69) is 22.8 Å². The van der Waals surface area contributed by atoms with E-state index in [0.717, 1.165) is 6.07 Å². The van der Waals surface area contributed by atoms with Crippen molar-refractivity contribution in [1.29, 1.82) is 0 Å². The molecule has 1 aliphatic heterocycles. The molecule has 15 heteroatoms. The predicted octanol–water partition coefficient (Wildman–Crippen LogP) is 5.24. The van der Waals surface area contributed by atoms with Crippen molar-refractivity contribution in [3.05, 3.63) is 73.9 Å². The first kappa shape index (κ1) is 29.7. The van der Waals surface area contributed by atoms with Gasteiger partial charge in [-0.2, -0.15) is 36.0 Å². The topological polar surface area (TPSA) is 82.2 Å². The highest BCUT2D eigenvalue weighted by atomic mass is 127. The van der Waals surface area contributed by atoms with Crippen molar-refractivity contribution in [1.82, 2.24) is 19.3 Å². The first-order valence-electron chi connectivity index (χ1n) is 10.9. The lowest BCUT2D eigenvalue weighted by Gasteiger charge is -2.30. The van der Waals surface area contributed by atoms with Gasteiger partial charge in [0.1, 0.15) is 5.02 Å². The third-order valence-corrected chi connectivity index (χ3v) is 7.77. The molecular weight excluding hydrogens is 665 g/mol.